The second-order valence-electron chi connectivity index (χ2n) is 8.10. The van der Waals surface area contributed by atoms with E-state index < -0.39 is 26.1 Å². The Bertz CT molecular complexity index is 1330. The predicted molar refractivity (Wildman–Crippen MR) is 132 cm³/mol. The van der Waals surface area contributed by atoms with Crippen LogP contribution in [0.1, 0.15) is 16.3 Å². The number of hydrogen-bond acceptors (Lipinski definition) is 10. The largest absolute Gasteiger partial charge is 0.501 e. The smallest absolute Gasteiger partial charge is 0.389 e. The first-order valence-electron chi connectivity index (χ1n) is 11.1. The number of alkyl halides is 3. The number of carbonyl (C=O) groups excluding carboxylic acids is 1. The second-order valence-corrected chi connectivity index (χ2v) is 12.0. The van der Waals surface area contributed by atoms with E-state index in [1.807, 2.05) is 0 Å². The molecule has 1 aliphatic rings. The Kier molecular flexibility index (Phi) is 8.60. The third-order valence-corrected chi connectivity index (χ3v) is 8.90. The molecule has 1 amide bonds. The van der Waals surface area contributed by atoms with Crippen molar-refractivity contribution in [3.05, 3.63) is 45.9 Å². The molecule has 2 aromatic heterocycles. The molecule has 0 spiro atoms. The van der Waals surface area contributed by atoms with Crippen LogP contribution >= 0.6 is 22.7 Å². The lowest BCUT2D eigenvalue weighted by Crippen LogP contribution is -2.37. The quantitative estimate of drug-likeness (QED) is 0.399. The third-order valence-electron chi connectivity index (χ3n) is 5.53. The Morgan fingerprint density at radius 2 is 1.86 bits per heavy atom. The van der Waals surface area contributed by atoms with E-state index in [1.54, 1.807) is 5.38 Å². The lowest BCUT2D eigenvalue weighted by molar-refractivity contribution is -0.115. The molecule has 4 rings (SSSR count). The maximum Gasteiger partial charge on any atom is 0.501 e. The van der Waals surface area contributed by atoms with Gasteiger partial charge in [0.05, 0.1) is 47.4 Å². The summed E-state index contributed by atoms with van der Waals surface area (Å²) in [6, 6.07) is 3.99. The Labute approximate surface area is 218 Å². The van der Waals surface area contributed by atoms with Gasteiger partial charge in [-0.05, 0) is 17.7 Å². The molecule has 2 N–H and O–H groups in total. The molecule has 37 heavy (non-hydrogen) atoms. The number of morpholine rings is 1. The number of aliphatic hydroxyl groups is 1. The van der Waals surface area contributed by atoms with Crippen LogP contribution in [0.25, 0.3) is 10.6 Å². The van der Waals surface area contributed by atoms with Crippen LogP contribution in [0.2, 0.25) is 0 Å². The molecule has 3 aromatic rings. The van der Waals surface area contributed by atoms with E-state index in [0.29, 0.717) is 41.0 Å². The van der Waals surface area contributed by atoms with Gasteiger partial charge in [-0.1, -0.05) is 12.1 Å². The lowest BCUT2D eigenvalue weighted by Gasteiger charge is -2.26. The molecule has 0 unspecified atom stereocenters. The van der Waals surface area contributed by atoms with Crippen molar-refractivity contribution >= 4 is 43.5 Å². The van der Waals surface area contributed by atoms with Crippen LogP contribution in [-0.4, -0.2) is 72.7 Å². The molecular weight excluding hydrogens is 553 g/mol. The summed E-state index contributed by atoms with van der Waals surface area (Å²) in [6.45, 7) is 3.68. The number of nitrogens with zero attached hydrogens (tertiary/aromatic N) is 3. The maximum atomic E-state index is 12.7. The van der Waals surface area contributed by atoms with Crippen LogP contribution in [0.15, 0.2) is 34.5 Å². The Morgan fingerprint density at radius 1 is 1.16 bits per heavy atom. The highest BCUT2D eigenvalue weighted by molar-refractivity contribution is 7.92. The van der Waals surface area contributed by atoms with E-state index in [0.717, 1.165) is 42.3 Å². The van der Waals surface area contributed by atoms with Gasteiger partial charge in [0, 0.05) is 31.4 Å². The van der Waals surface area contributed by atoms with Gasteiger partial charge in [0.2, 0.25) is 5.91 Å². The summed E-state index contributed by atoms with van der Waals surface area (Å²) in [5, 5.41) is 14.9. The van der Waals surface area contributed by atoms with Crippen LogP contribution in [0.5, 0.6) is 0 Å². The van der Waals surface area contributed by atoms with E-state index in [-0.39, 0.29) is 13.0 Å². The Balaban J connectivity index is 1.40. The number of rotatable bonds is 9. The van der Waals surface area contributed by atoms with Crippen molar-refractivity contribution in [2.24, 2.45) is 0 Å². The highest BCUT2D eigenvalue weighted by atomic mass is 32.2. The van der Waals surface area contributed by atoms with Gasteiger partial charge in [0.15, 0.2) is 5.13 Å². The molecule has 1 aromatic carbocycles. The summed E-state index contributed by atoms with van der Waals surface area (Å²) in [5.41, 5.74) is -3.61. The molecule has 1 saturated heterocycles. The van der Waals surface area contributed by atoms with E-state index in [2.05, 4.69) is 20.2 Å². The van der Waals surface area contributed by atoms with E-state index in [4.69, 9.17) is 4.74 Å². The van der Waals surface area contributed by atoms with Gasteiger partial charge >= 0.3 is 5.51 Å². The number of benzene rings is 1. The Morgan fingerprint density at radius 3 is 2.51 bits per heavy atom. The number of thiazole rings is 2. The number of anilines is 1. The number of amides is 1. The molecule has 0 aliphatic carbocycles. The zero-order chi connectivity index (χ0) is 26.6. The van der Waals surface area contributed by atoms with E-state index in [1.165, 1.54) is 34.8 Å². The molecular formula is C22H23F3N4O5S3. The first-order chi connectivity index (χ1) is 17.6. The minimum atomic E-state index is -5.45. The predicted octanol–water partition coefficient (Wildman–Crippen LogP) is 3.11. The second kappa shape index (κ2) is 11.5. The summed E-state index contributed by atoms with van der Waals surface area (Å²) in [5.74, 6) is -0.458. The van der Waals surface area contributed by atoms with Gasteiger partial charge in [0.1, 0.15) is 5.01 Å². The van der Waals surface area contributed by atoms with Gasteiger partial charge in [-0.15, -0.1) is 22.7 Å². The van der Waals surface area contributed by atoms with Crippen molar-refractivity contribution < 1.29 is 36.2 Å². The summed E-state index contributed by atoms with van der Waals surface area (Å²) in [7, 11) is -5.45. The average Bonchev–Trinajstić information content (AvgIpc) is 3.49. The van der Waals surface area contributed by atoms with Crippen molar-refractivity contribution in [3.63, 3.8) is 0 Å². The van der Waals surface area contributed by atoms with Crippen LogP contribution in [0, 0.1) is 0 Å². The van der Waals surface area contributed by atoms with Crippen molar-refractivity contribution in [2.45, 2.75) is 29.9 Å². The average molecular weight is 577 g/mol. The van der Waals surface area contributed by atoms with Crippen LogP contribution in [0.3, 0.4) is 0 Å². The fourth-order valence-corrected chi connectivity index (χ4v) is 6.12. The number of aromatic nitrogens is 2. The number of aliphatic hydroxyl groups excluding tert-OH is 1. The minimum absolute atomic E-state index is 0.179. The molecule has 0 saturated carbocycles. The number of ether oxygens (including phenoxy) is 1. The van der Waals surface area contributed by atoms with Crippen LogP contribution in [0.4, 0.5) is 18.3 Å². The monoisotopic (exact) mass is 576 g/mol. The number of carbonyl (C=O) groups is 1. The SMILES string of the molecule is O=C(Cc1ccc(S(=O)(=O)C(F)(F)F)cc1)Nc1nc(-c2sc(CO)nc2CCN2CCOCC2)cs1. The van der Waals surface area contributed by atoms with E-state index >= 15 is 0 Å². The third kappa shape index (κ3) is 6.72. The molecule has 9 nitrogen and oxygen atoms in total. The van der Waals surface area contributed by atoms with E-state index in [9.17, 15) is 31.5 Å². The number of halogens is 3. The van der Waals surface area contributed by atoms with Gasteiger partial charge in [-0.3, -0.25) is 9.69 Å². The van der Waals surface area contributed by atoms with Crippen molar-refractivity contribution in [1.29, 1.82) is 0 Å². The maximum absolute atomic E-state index is 12.7. The Hall–Kier alpha value is -2.43. The molecule has 15 heteroatoms. The molecule has 0 bridgehead atoms. The number of nitrogens with one attached hydrogen (secondary N) is 1. The highest BCUT2D eigenvalue weighted by Crippen LogP contribution is 2.34. The highest BCUT2D eigenvalue weighted by Gasteiger charge is 2.46. The molecule has 0 atom stereocenters. The fraction of sp³-hybridized carbons (Fsp3) is 0.409. The topological polar surface area (TPSA) is 122 Å². The van der Waals surface area contributed by atoms with Crippen molar-refractivity contribution in [1.82, 2.24) is 14.9 Å². The van der Waals surface area contributed by atoms with Crippen molar-refractivity contribution in [3.8, 4) is 10.6 Å². The normalized spacial score (nSPS) is 15.1. The van der Waals surface area contributed by atoms with Gasteiger partial charge in [-0.25, -0.2) is 18.4 Å². The summed E-state index contributed by atoms with van der Waals surface area (Å²) in [6.07, 6.45) is 0.492. The molecule has 1 aliphatic heterocycles. The molecule has 200 valence electrons. The number of sulfone groups is 1. The van der Waals surface area contributed by atoms with Crippen molar-refractivity contribution in [2.75, 3.05) is 38.2 Å². The first kappa shape index (κ1) is 27.6. The minimum Gasteiger partial charge on any atom is -0.389 e. The first-order valence-corrected chi connectivity index (χ1v) is 14.3. The van der Waals surface area contributed by atoms with Gasteiger partial charge in [-0.2, -0.15) is 13.2 Å². The summed E-state index contributed by atoms with van der Waals surface area (Å²) in [4.78, 5) is 23.7. The van der Waals surface area contributed by atoms with Gasteiger partial charge < -0.3 is 15.2 Å². The number of hydrogen-bond donors (Lipinski definition) is 2. The molecule has 3 heterocycles. The standard InChI is InChI=1S/C22H23F3N4O5S3/c23-22(24,25)37(32,33)15-3-1-14(2-4-15)11-18(31)28-21-27-17(13-35-21)20-16(26-19(12-30)36-20)5-6-29-7-9-34-10-8-29/h1-4,13,30H,5-12H2,(H,27,28,31). The van der Waals surface area contributed by atoms with Crippen LogP contribution < -0.4 is 5.32 Å². The fourth-order valence-electron chi connectivity index (χ4n) is 3.63. The summed E-state index contributed by atoms with van der Waals surface area (Å²) < 4.78 is 66.4. The van der Waals surface area contributed by atoms with Gasteiger partial charge in [0.25, 0.3) is 9.84 Å². The zero-order valence-corrected chi connectivity index (χ0v) is 21.8. The summed E-state index contributed by atoms with van der Waals surface area (Å²) >= 11 is 2.54. The molecule has 1 fully saturated rings. The lowest BCUT2D eigenvalue weighted by atomic mass is 10.1. The van der Waals surface area contributed by atoms with Crippen LogP contribution in [-0.2, 0) is 38.8 Å². The molecule has 0 radical (unpaired) electrons. The zero-order valence-electron chi connectivity index (χ0n) is 19.3.